The molecule has 0 bridgehead atoms. The summed E-state index contributed by atoms with van der Waals surface area (Å²) in [6.07, 6.45) is 1.49. The molecule has 0 spiro atoms. The van der Waals surface area contributed by atoms with Crippen molar-refractivity contribution < 1.29 is 19.1 Å². The van der Waals surface area contributed by atoms with E-state index in [1.165, 1.54) is 6.21 Å². The van der Waals surface area contributed by atoms with E-state index < -0.39 is 5.97 Å². The van der Waals surface area contributed by atoms with Crippen LogP contribution < -0.4 is 14.9 Å². The second-order valence-electron chi connectivity index (χ2n) is 7.41. The molecule has 0 aliphatic rings. The van der Waals surface area contributed by atoms with Gasteiger partial charge in [0.25, 0.3) is 5.91 Å². The number of hydrogen-bond acceptors (Lipinski definition) is 5. The Kier molecular flexibility index (Phi) is 8.04. The Hall–Kier alpha value is -4.23. The summed E-state index contributed by atoms with van der Waals surface area (Å²) in [5.41, 5.74) is 5.78. The first kappa shape index (κ1) is 23.9. The van der Waals surface area contributed by atoms with Gasteiger partial charge in [0, 0.05) is 4.47 Å². The molecule has 1 N–H and O–H groups in total. The van der Waals surface area contributed by atoms with Gasteiger partial charge in [0.1, 0.15) is 11.5 Å². The Morgan fingerprint density at radius 1 is 0.771 bits per heavy atom. The lowest BCUT2D eigenvalue weighted by Gasteiger charge is -2.07. The molecule has 0 saturated heterocycles. The van der Waals surface area contributed by atoms with Gasteiger partial charge in [0.05, 0.1) is 11.8 Å². The third-order valence-electron chi connectivity index (χ3n) is 4.92. The van der Waals surface area contributed by atoms with Crippen molar-refractivity contribution in [3.05, 3.63) is 119 Å². The van der Waals surface area contributed by atoms with Gasteiger partial charge in [-0.05, 0) is 81.2 Å². The molecule has 6 nitrogen and oxygen atoms in total. The smallest absolute Gasteiger partial charge is 0.344 e. The number of nitrogens with one attached hydrogen (secondary N) is 1. The highest BCUT2D eigenvalue weighted by atomic mass is 79.9. The van der Waals surface area contributed by atoms with E-state index in [1.54, 1.807) is 42.5 Å². The molecular weight excluding hydrogens is 508 g/mol. The molecule has 0 fully saturated rings. The minimum absolute atomic E-state index is 0.161. The van der Waals surface area contributed by atoms with E-state index in [2.05, 4.69) is 26.5 Å². The van der Waals surface area contributed by atoms with Crippen molar-refractivity contribution in [2.24, 2.45) is 5.10 Å². The monoisotopic (exact) mass is 528 g/mol. The topological polar surface area (TPSA) is 77.0 Å². The van der Waals surface area contributed by atoms with Crippen LogP contribution in [0.15, 0.2) is 113 Å². The summed E-state index contributed by atoms with van der Waals surface area (Å²) in [6, 6.07) is 31.3. The number of rotatable bonds is 8. The van der Waals surface area contributed by atoms with E-state index >= 15 is 0 Å². The van der Waals surface area contributed by atoms with Crippen LogP contribution in [0.3, 0.4) is 0 Å². The summed E-state index contributed by atoms with van der Waals surface area (Å²) in [4.78, 5) is 24.3. The standard InChI is InChI=1S/C28H21BrN2O4/c29-26-9-5-4-8-25(26)28(33)35-24-14-10-20(11-15-24)18-30-31-27(32)19-34-23-16-12-22(13-17-23)21-6-2-1-3-7-21/h1-18H,19H2,(H,31,32)/b30-18+. The molecule has 174 valence electrons. The number of hydrazone groups is 1. The van der Waals surface area contributed by atoms with Crippen LogP contribution in [0, 0.1) is 0 Å². The summed E-state index contributed by atoms with van der Waals surface area (Å²) in [7, 11) is 0. The molecule has 0 unspecified atom stereocenters. The first-order chi connectivity index (χ1) is 17.1. The quantitative estimate of drug-likeness (QED) is 0.134. The van der Waals surface area contributed by atoms with Crippen LogP contribution in [-0.2, 0) is 4.79 Å². The van der Waals surface area contributed by atoms with Gasteiger partial charge in [0.15, 0.2) is 6.61 Å². The highest BCUT2D eigenvalue weighted by molar-refractivity contribution is 9.10. The summed E-state index contributed by atoms with van der Waals surface area (Å²) in [6.45, 7) is -0.161. The average molecular weight is 529 g/mol. The molecule has 4 rings (SSSR count). The fourth-order valence-electron chi connectivity index (χ4n) is 3.14. The van der Waals surface area contributed by atoms with E-state index in [9.17, 15) is 9.59 Å². The van der Waals surface area contributed by atoms with Crippen molar-refractivity contribution in [2.75, 3.05) is 6.61 Å². The van der Waals surface area contributed by atoms with Gasteiger partial charge in [0.2, 0.25) is 0 Å². The summed E-state index contributed by atoms with van der Waals surface area (Å²) in [5.74, 6) is 0.156. The van der Waals surface area contributed by atoms with E-state index in [0.29, 0.717) is 21.5 Å². The number of esters is 1. The second kappa shape index (κ2) is 11.8. The minimum atomic E-state index is -0.458. The van der Waals surface area contributed by atoms with Gasteiger partial charge in [-0.25, -0.2) is 10.2 Å². The summed E-state index contributed by atoms with van der Waals surface area (Å²) >= 11 is 3.34. The molecule has 0 atom stereocenters. The van der Waals surface area contributed by atoms with Crippen LogP contribution in [0.1, 0.15) is 15.9 Å². The molecule has 35 heavy (non-hydrogen) atoms. The van der Waals surface area contributed by atoms with Gasteiger partial charge >= 0.3 is 5.97 Å². The van der Waals surface area contributed by atoms with Crippen molar-refractivity contribution in [1.82, 2.24) is 5.43 Å². The van der Waals surface area contributed by atoms with E-state index in [1.807, 2.05) is 60.7 Å². The Labute approximate surface area is 211 Å². The van der Waals surface area contributed by atoms with Crippen molar-refractivity contribution >= 4 is 34.0 Å². The third kappa shape index (κ3) is 6.88. The zero-order chi connectivity index (χ0) is 24.5. The fraction of sp³-hybridized carbons (Fsp3) is 0.0357. The first-order valence-corrected chi connectivity index (χ1v) is 11.5. The Balaban J connectivity index is 1.23. The Morgan fingerprint density at radius 3 is 2.11 bits per heavy atom. The molecule has 0 radical (unpaired) electrons. The summed E-state index contributed by atoms with van der Waals surface area (Å²) < 4.78 is 11.6. The molecular formula is C28H21BrN2O4. The number of hydrogen-bond donors (Lipinski definition) is 1. The lowest BCUT2D eigenvalue weighted by atomic mass is 10.1. The number of benzene rings is 4. The molecule has 0 aliphatic heterocycles. The molecule has 4 aromatic rings. The van der Waals surface area contributed by atoms with Gasteiger partial charge < -0.3 is 9.47 Å². The number of carbonyl (C=O) groups excluding carboxylic acids is 2. The van der Waals surface area contributed by atoms with Crippen molar-refractivity contribution in [3.8, 4) is 22.6 Å². The normalized spacial score (nSPS) is 10.7. The summed E-state index contributed by atoms with van der Waals surface area (Å²) in [5, 5.41) is 3.94. The van der Waals surface area contributed by atoms with Crippen LogP contribution in [0.25, 0.3) is 11.1 Å². The van der Waals surface area contributed by atoms with Crippen LogP contribution in [0.4, 0.5) is 0 Å². The van der Waals surface area contributed by atoms with Crippen molar-refractivity contribution in [1.29, 1.82) is 0 Å². The van der Waals surface area contributed by atoms with Gasteiger partial charge in [-0.1, -0.05) is 54.6 Å². The predicted molar refractivity (Wildman–Crippen MR) is 139 cm³/mol. The van der Waals surface area contributed by atoms with Crippen LogP contribution in [0.5, 0.6) is 11.5 Å². The zero-order valence-corrected chi connectivity index (χ0v) is 20.1. The van der Waals surface area contributed by atoms with Gasteiger partial charge in [-0.15, -0.1) is 0 Å². The van der Waals surface area contributed by atoms with Crippen LogP contribution >= 0.6 is 15.9 Å². The van der Waals surface area contributed by atoms with E-state index in [-0.39, 0.29) is 12.5 Å². The van der Waals surface area contributed by atoms with Crippen molar-refractivity contribution in [3.63, 3.8) is 0 Å². The zero-order valence-electron chi connectivity index (χ0n) is 18.6. The van der Waals surface area contributed by atoms with Gasteiger partial charge in [-0.2, -0.15) is 5.10 Å². The molecule has 0 heterocycles. The fourth-order valence-corrected chi connectivity index (χ4v) is 3.59. The Morgan fingerprint density at radius 2 is 1.40 bits per heavy atom. The molecule has 0 aromatic heterocycles. The van der Waals surface area contributed by atoms with Gasteiger partial charge in [-0.3, -0.25) is 4.79 Å². The number of carbonyl (C=O) groups is 2. The van der Waals surface area contributed by atoms with Crippen LogP contribution in [0.2, 0.25) is 0 Å². The maximum absolute atomic E-state index is 12.3. The lowest BCUT2D eigenvalue weighted by molar-refractivity contribution is -0.123. The maximum atomic E-state index is 12.3. The van der Waals surface area contributed by atoms with E-state index in [0.717, 1.165) is 16.7 Å². The SMILES string of the molecule is O=C(COc1ccc(-c2ccccc2)cc1)N/N=C/c1ccc(OC(=O)c2ccccc2Br)cc1. The largest absolute Gasteiger partial charge is 0.484 e. The molecule has 0 saturated carbocycles. The van der Waals surface area contributed by atoms with Crippen LogP contribution in [-0.4, -0.2) is 24.7 Å². The highest BCUT2D eigenvalue weighted by Crippen LogP contribution is 2.22. The number of halogens is 1. The molecule has 4 aromatic carbocycles. The highest BCUT2D eigenvalue weighted by Gasteiger charge is 2.11. The Bertz CT molecular complexity index is 1320. The molecule has 1 amide bonds. The number of ether oxygens (including phenoxy) is 2. The number of nitrogens with zero attached hydrogens (tertiary/aromatic N) is 1. The van der Waals surface area contributed by atoms with Crippen molar-refractivity contribution in [2.45, 2.75) is 0 Å². The van der Waals surface area contributed by atoms with E-state index in [4.69, 9.17) is 9.47 Å². The second-order valence-corrected chi connectivity index (χ2v) is 8.26. The third-order valence-corrected chi connectivity index (χ3v) is 5.61. The molecule has 7 heteroatoms. The lowest BCUT2D eigenvalue weighted by Crippen LogP contribution is -2.24. The minimum Gasteiger partial charge on any atom is -0.484 e. The molecule has 0 aliphatic carbocycles. The number of amides is 1. The first-order valence-electron chi connectivity index (χ1n) is 10.8. The maximum Gasteiger partial charge on any atom is 0.344 e. The average Bonchev–Trinajstić information content (AvgIpc) is 2.89. The predicted octanol–water partition coefficient (Wildman–Crippen LogP) is 5.86.